The second-order valence-electron chi connectivity index (χ2n) is 7.11. The van der Waals surface area contributed by atoms with Crippen molar-refractivity contribution >= 4 is 55.7 Å². The van der Waals surface area contributed by atoms with Gasteiger partial charge in [0.2, 0.25) is 0 Å². The smallest absolute Gasteiger partial charge is 0.250 e. The number of aromatic nitrogens is 2. The third-order valence-corrected chi connectivity index (χ3v) is 6.21. The summed E-state index contributed by atoms with van der Waals surface area (Å²) < 4.78 is 7.55. The van der Waals surface area contributed by atoms with Crippen molar-refractivity contribution in [3.8, 4) is 5.75 Å². The average Bonchev–Trinajstić information content (AvgIpc) is 2.71. The van der Waals surface area contributed by atoms with Crippen molar-refractivity contribution < 1.29 is 9.53 Å². The maximum Gasteiger partial charge on any atom is 0.250 e. The zero-order chi connectivity index (χ0) is 23.1. The maximum absolute atomic E-state index is 12.1. The molecule has 0 spiro atoms. The molecule has 0 saturated heterocycles. The van der Waals surface area contributed by atoms with Crippen LogP contribution >= 0.6 is 43.6 Å². The van der Waals surface area contributed by atoms with Crippen molar-refractivity contribution in [3.63, 3.8) is 0 Å². The second-order valence-corrected chi connectivity index (χ2v) is 9.76. The monoisotopic (exact) mass is 576 g/mol. The number of nitrogens with one attached hydrogen (secondary N) is 1. The van der Waals surface area contributed by atoms with E-state index in [4.69, 9.17) is 4.74 Å². The molecule has 0 aliphatic heterocycles. The first-order valence-electron chi connectivity index (χ1n) is 9.74. The first-order chi connectivity index (χ1) is 15.3. The van der Waals surface area contributed by atoms with Crippen molar-refractivity contribution in [2.45, 2.75) is 32.5 Å². The van der Waals surface area contributed by atoms with Gasteiger partial charge >= 0.3 is 0 Å². The highest BCUT2D eigenvalue weighted by Gasteiger charge is 2.10. The molecule has 1 amide bonds. The summed E-state index contributed by atoms with van der Waals surface area (Å²) >= 11 is 8.37. The lowest BCUT2D eigenvalue weighted by Crippen LogP contribution is -2.19. The van der Waals surface area contributed by atoms with Crippen LogP contribution in [0.2, 0.25) is 0 Å². The molecule has 0 fully saturated rings. The van der Waals surface area contributed by atoms with E-state index in [-0.39, 0.29) is 11.7 Å². The number of rotatable bonds is 8. The molecular formula is C23H22Br2N4O2S. The van der Waals surface area contributed by atoms with Crippen LogP contribution in [0.3, 0.4) is 0 Å². The Labute approximate surface area is 208 Å². The highest BCUT2D eigenvalue weighted by Crippen LogP contribution is 2.35. The molecule has 1 N–H and O–H groups in total. The summed E-state index contributed by atoms with van der Waals surface area (Å²) in [5.41, 5.74) is 7.37. The molecule has 1 aromatic heterocycles. The predicted octanol–water partition coefficient (Wildman–Crippen LogP) is 5.75. The topological polar surface area (TPSA) is 76.5 Å². The lowest BCUT2D eigenvalue weighted by Gasteiger charge is -2.11. The zero-order valence-electron chi connectivity index (χ0n) is 17.9. The predicted molar refractivity (Wildman–Crippen MR) is 135 cm³/mol. The highest BCUT2D eigenvalue weighted by molar-refractivity contribution is 9.11. The summed E-state index contributed by atoms with van der Waals surface area (Å²) in [6, 6.07) is 13.8. The molecule has 166 valence electrons. The number of carbonyl (C=O) groups is 1. The third-order valence-electron chi connectivity index (χ3n) is 4.18. The molecule has 0 bridgehead atoms. The number of aryl methyl sites for hydroxylation is 3. The summed E-state index contributed by atoms with van der Waals surface area (Å²) in [7, 11) is 0. The van der Waals surface area contributed by atoms with Crippen molar-refractivity contribution in [1.82, 2.24) is 15.4 Å². The number of hydrogen-bond acceptors (Lipinski definition) is 6. The van der Waals surface area contributed by atoms with E-state index >= 15 is 0 Å². The largest absolute Gasteiger partial charge is 0.487 e. The van der Waals surface area contributed by atoms with Gasteiger partial charge in [-0.2, -0.15) is 5.10 Å². The SMILES string of the molecule is Cc1cccc(COc2c(Br)cc(/C=N\NC(=O)CSc3nc(C)cc(C)n3)cc2Br)c1. The van der Waals surface area contributed by atoms with Crippen LogP contribution in [-0.2, 0) is 11.4 Å². The van der Waals surface area contributed by atoms with Gasteiger partial charge in [0.25, 0.3) is 5.91 Å². The quantitative estimate of drug-likeness (QED) is 0.160. The molecular weight excluding hydrogens is 556 g/mol. The van der Waals surface area contributed by atoms with Crippen LogP contribution in [0.15, 0.2) is 61.7 Å². The van der Waals surface area contributed by atoms with Crippen LogP contribution in [0.1, 0.15) is 28.1 Å². The first kappa shape index (κ1) is 24.4. The number of ether oxygens (including phenoxy) is 1. The van der Waals surface area contributed by atoms with Crippen LogP contribution in [0.4, 0.5) is 0 Å². The lowest BCUT2D eigenvalue weighted by molar-refractivity contribution is -0.118. The van der Waals surface area contributed by atoms with Gasteiger partial charge in [0.05, 0.1) is 20.9 Å². The van der Waals surface area contributed by atoms with Crippen molar-refractivity contribution in [2.24, 2.45) is 5.10 Å². The van der Waals surface area contributed by atoms with Gasteiger partial charge in [0.1, 0.15) is 12.4 Å². The number of halogens is 2. The van der Waals surface area contributed by atoms with Crippen LogP contribution < -0.4 is 10.2 Å². The summed E-state index contributed by atoms with van der Waals surface area (Å²) in [6.45, 7) is 6.32. The third kappa shape index (κ3) is 7.43. The van der Waals surface area contributed by atoms with Crippen LogP contribution in [0.25, 0.3) is 0 Å². The van der Waals surface area contributed by atoms with E-state index in [0.717, 1.165) is 31.5 Å². The Morgan fingerprint density at radius 3 is 2.44 bits per heavy atom. The highest BCUT2D eigenvalue weighted by atomic mass is 79.9. The molecule has 0 atom stereocenters. The van der Waals surface area contributed by atoms with Crippen LogP contribution in [0, 0.1) is 20.8 Å². The molecule has 0 saturated carbocycles. The van der Waals surface area contributed by atoms with Crippen molar-refractivity contribution in [2.75, 3.05) is 5.75 Å². The number of hydrogen-bond donors (Lipinski definition) is 1. The van der Waals surface area contributed by atoms with Gasteiger partial charge in [0.15, 0.2) is 5.16 Å². The average molecular weight is 578 g/mol. The fourth-order valence-corrected chi connectivity index (χ4v) is 5.04. The van der Waals surface area contributed by atoms with Crippen LogP contribution in [-0.4, -0.2) is 27.8 Å². The van der Waals surface area contributed by atoms with E-state index in [9.17, 15) is 4.79 Å². The van der Waals surface area contributed by atoms with E-state index in [1.807, 2.05) is 44.2 Å². The molecule has 6 nitrogen and oxygen atoms in total. The van der Waals surface area contributed by atoms with Crippen molar-refractivity contribution in [1.29, 1.82) is 0 Å². The van der Waals surface area contributed by atoms with Gasteiger partial charge < -0.3 is 4.74 Å². The Morgan fingerprint density at radius 2 is 1.78 bits per heavy atom. The minimum atomic E-state index is -0.231. The van der Waals surface area contributed by atoms with E-state index in [0.29, 0.717) is 17.5 Å². The molecule has 0 aliphatic rings. The molecule has 32 heavy (non-hydrogen) atoms. The first-order valence-corrected chi connectivity index (χ1v) is 12.3. The molecule has 3 rings (SSSR count). The van der Waals surface area contributed by atoms with Gasteiger partial charge in [-0.15, -0.1) is 0 Å². The number of thioether (sulfide) groups is 1. The molecule has 0 unspecified atom stereocenters. The molecule has 1 heterocycles. The Balaban J connectivity index is 1.54. The Kier molecular flexibility index (Phi) is 8.84. The second kappa shape index (κ2) is 11.6. The minimum Gasteiger partial charge on any atom is -0.487 e. The number of nitrogens with zero attached hydrogens (tertiary/aromatic N) is 3. The Bertz CT molecular complexity index is 1110. The van der Waals surface area contributed by atoms with E-state index < -0.39 is 0 Å². The Morgan fingerprint density at radius 1 is 1.09 bits per heavy atom. The standard InChI is InChI=1S/C23H22Br2N4O2S/c1-14-5-4-6-17(7-14)12-31-22-19(24)9-18(10-20(22)25)11-26-29-21(30)13-32-23-27-15(2)8-16(3)28-23/h4-11H,12-13H2,1-3H3,(H,29,30)/b26-11-. The minimum absolute atomic E-state index is 0.180. The summed E-state index contributed by atoms with van der Waals surface area (Å²) in [5.74, 6) is 0.655. The lowest BCUT2D eigenvalue weighted by atomic mass is 10.1. The van der Waals surface area contributed by atoms with E-state index in [2.05, 4.69) is 71.4 Å². The maximum atomic E-state index is 12.1. The van der Waals surface area contributed by atoms with E-state index in [1.165, 1.54) is 17.3 Å². The fraction of sp³-hybridized carbons (Fsp3) is 0.217. The molecule has 0 aliphatic carbocycles. The number of amides is 1. The van der Waals surface area contributed by atoms with Crippen molar-refractivity contribution in [3.05, 3.63) is 79.5 Å². The normalized spacial score (nSPS) is 11.0. The Hall–Kier alpha value is -2.23. The zero-order valence-corrected chi connectivity index (χ0v) is 21.8. The summed E-state index contributed by atoms with van der Waals surface area (Å²) in [5, 5.41) is 4.62. The van der Waals surface area contributed by atoms with Gasteiger partial charge in [-0.1, -0.05) is 41.6 Å². The molecule has 9 heteroatoms. The number of hydrazone groups is 1. The van der Waals surface area contributed by atoms with Gasteiger partial charge in [-0.05, 0) is 82.0 Å². The number of benzene rings is 2. The van der Waals surface area contributed by atoms with Gasteiger partial charge in [0, 0.05) is 11.4 Å². The molecule has 0 radical (unpaired) electrons. The van der Waals surface area contributed by atoms with E-state index in [1.54, 1.807) is 6.21 Å². The van der Waals surface area contributed by atoms with Gasteiger partial charge in [-0.25, -0.2) is 15.4 Å². The summed E-state index contributed by atoms with van der Waals surface area (Å²) in [6.07, 6.45) is 1.58. The molecule has 3 aromatic rings. The summed E-state index contributed by atoms with van der Waals surface area (Å²) in [4.78, 5) is 20.7. The fourth-order valence-electron chi connectivity index (χ4n) is 2.85. The number of carbonyl (C=O) groups excluding carboxylic acids is 1. The molecule has 2 aromatic carbocycles. The van der Waals surface area contributed by atoms with Crippen LogP contribution in [0.5, 0.6) is 5.75 Å². The van der Waals surface area contributed by atoms with Gasteiger partial charge in [-0.3, -0.25) is 4.79 Å².